The summed E-state index contributed by atoms with van der Waals surface area (Å²) in [5.41, 5.74) is 4.22. The second-order valence-corrected chi connectivity index (χ2v) is 5.94. The SMILES string of the molecule is O=C(NC1CCCC1)c1[nH]cnc1C1=Nc2ccccc2C1. The number of carbonyl (C=O) groups is 1. The van der Waals surface area contributed by atoms with Gasteiger partial charge in [-0.05, 0) is 24.5 Å². The number of hydrogen-bond acceptors (Lipinski definition) is 3. The monoisotopic (exact) mass is 294 g/mol. The fourth-order valence-electron chi connectivity index (χ4n) is 3.29. The highest BCUT2D eigenvalue weighted by atomic mass is 16.2. The van der Waals surface area contributed by atoms with Crippen molar-refractivity contribution in [1.29, 1.82) is 0 Å². The largest absolute Gasteiger partial charge is 0.348 e. The van der Waals surface area contributed by atoms with E-state index in [1.807, 2.05) is 18.2 Å². The smallest absolute Gasteiger partial charge is 0.270 e. The maximum atomic E-state index is 12.5. The summed E-state index contributed by atoms with van der Waals surface area (Å²) in [5.74, 6) is -0.0712. The van der Waals surface area contributed by atoms with E-state index in [2.05, 4.69) is 26.3 Å². The molecule has 0 spiro atoms. The van der Waals surface area contributed by atoms with Crippen LogP contribution in [-0.4, -0.2) is 27.6 Å². The number of benzene rings is 1. The molecule has 1 aromatic heterocycles. The Labute approximate surface area is 128 Å². The molecule has 5 nitrogen and oxygen atoms in total. The maximum Gasteiger partial charge on any atom is 0.270 e. The summed E-state index contributed by atoms with van der Waals surface area (Å²) in [5, 5.41) is 3.10. The van der Waals surface area contributed by atoms with Gasteiger partial charge in [0.1, 0.15) is 11.4 Å². The first-order valence-electron chi connectivity index (χ1n) is 7.81. The molecule has 2 aromatic rings. The Kier molecular flexibility index (Phi) is 3.25. The van der Waals surface area contributed by atoms with Gasteiger partial charge in [-0.3, -0.25) is 9.79 Å². The number of nitrogens with zero attached hydrogens (tertiary/aromatic N) is 2. The average Bonchev–Trinajstić information content (AvgIpc) is 3.26. The number of nitrogens with one attached hydrogen (secondary N) is 2. The van der Waals surface area contributed by atoms with Crippen LogP contribution < -0.4 is 5.32 Å². The molecule has 1 aliphatic carbocycles. The summed E-state index contributed by atoms with van der Waals surface area (Å²) in [6, 6.07) is 8.34. The normalized spacial score (nSPS) is 17.4. The summed E-state index contributed by atoms with van der Waals surface area (Å²) in [7, 11) is 0. The van der Waals surface area contributed by atoms with Crippen molar-refractivity contribution < 1.29 is 4.79 Å². The molecule has 0 unspecified atom stereocenters. The van der Waals surface area contributed by atoms with Gasteiger partial charge < -0.3 is 10.3 Å². The lowest BCUT2D eigenvalue weighted by Crippen LogP contribution is -2.33. The maximum absolute atomic E-state index is 12.5. The van der Waals surface area contributed by atoms with Crippen LogP contribution in [0.25, 0.3) is 0 Å². The Bertz CT molecular complexity index is 741. The zero-order chi connectivity index (χ0) is 14.9. The van der Waals surface area contributed by atoms with Gasteiger partial charge in [0.25, 0.3) is 5.91 Å². The number of amides is 1. The topological polar surface area (TPSA) is 70.1 Å². The number of aromatic nitrogens is 2. The van der Waals surface area contributed by atoms with Crippen LogP contribution in [0.1, 0.15) is 47.4 Å². The number of H-pyrrole nitrogens is 1. The van der Waals surface area contributed by atoms with Gasteiger partial charge in [0, 0.05) is 12.5 Å². The molecule has 2 heterocycles. The van der Waals surface area contributed by atoms with Crippen molar-refractivity contribution in [3.63, 3.8) is 0 Å². The van der Waals surface area contributed by atoms with E-state index >= 15 is 0 Å². The minimum Gasteiger partial charge on any atom is -0.348 e. The van der Waals surface area contributed by atoms with Crippen molar-refractivity contribution in [1.82, 2.24) is 15.3 Å². The molecule has 4 rings (SSSR count). The minimum atomic E-state index is -0.0712. The van der Waals surface area contributed by atoms with Crippen molar-refractivity contribution >= 4 is 17.3 Å². The van der Waals surface area contributed by atoms with Gasteiger partial charge in [0.05, 0.1) is 17.7 Å². The number of rotatable bonds is 3. The van der Waals surface area contributed by atoms with Crippen LogP contribution in [0.4, 0.5) is 5.69 Å². The molecule has 1 aromatic carbocycles. The molecule has 1 amide bonds. The van der Waals surface area contributed by atoms with Crippen LogP contribution in [0.2, 0.25) is 0 Å². The molecule has 0 radical (unpaired) electrons. The number of carbonyl (C=O) groups excluding carboxylic acids is 1. The molecule has 5 heteroatoms. The van der Waals surface area contributed by atoms with Crippen LogP contribution in [0.3, 0.4) is 0 Å². The number of aromatic amines is 1. The van der Waals surface area contributed by atoms with E-state index in [1.165, 1.54) is 18.4 Å². The molecule has 1 aliphatic heterocycles. The Morgan fingerprint density at radius 1 is 1.23 bits per heavy atom. The second kappa shape index (κ2) is 5.40. The van der Waals surface area contributed by atoms with E-state index in [-0.39, 0.29) is 5.91 Å². The summed E-state index contributed by atoms with van der Waals surface area (Å²) in [6.45, 7) is 0. The Morgan fingerprint density at radius 2 is 2.05 bits per heavy atom. The second-order valence-electron chi connectivity index (χ2n) is 5.94. The average molecular weight is 294 g/mol. The van der Waals surface area contributed by atoms with Crippen molar-refractivity contribution in [2.24, 2.45) is 4.99 Å². The third-order valence-electron chi connectivity index (χ3n) is 4.44. The molecule has 112 valence electrons. The molecule has 2 aliphatic rings. The van der Waals surface area contributed by atoms with E-state index < -0.39 is 0 Å². The molecule has 2 N–H and O–H groups in total. The quantitative estimate of drug-likeness (QED) is 0.913. The van der Waals surface area contributed by atoms with E-state index in [9.17, 15) is 4.79 Å². The van der Waals surface area contributed by atoms with Crippen LogP contribution in [-0.2, 0) is 6.42 Å². The minimum absolute atomic E-state index is 0.0712. The van der Waals surface area contributed by atoms with E-state index in [1.54, 1.807) is 6.33 Å². The van der Waals surface area contributed by atoms with Gasteiger partial charge in [-0.25, -0.2) is 4.98 Å². The molecule has 0 bridgehead atoms. The Hall–Kier alpha value is -2.43. The zero-order valence-electron chi connectivity index (χ0n) is 12.3. The van der Waals surface area contributed by atoms with E-state index in [0.29, 0.717) is 17.4 Å². The van der Waals surface area contributed by atoms with Crippen LogP contribution >= 0.6 is 0 Å². The lowest BCUT2D eigenvalue weighted by Gasteiger charge is -2.11. The number of hydrogen-bond donors (Lipinski definition) is 2. The third-order valence-corrected chi connectivity index (χ3v) is 4.44. The molecule has 0 saturated heterocycles. The van der Waals surface area contributed by atoms with Gasteiger partial charge in [-0.2, -0.15) is 0 Å². The fourth-order valence-corrected chi connectivity index (χ4v) is 3.29. The van der Waals surface area contributed by atoms with Crippen LogP contribution in [0.5, 0.6) is 0 Å². The lowest BCUT2D eigenvalue weighted by molar-refractivity contribution is 0.0933. The van der Waals surface area contributed by atoms with Gasteiger partial charge in [-0.1, -0.05) is 31.0 Å². The van der Waals surface area contributed by atoms with Crippen LogP contribution in [0.15, 0.2) is 35.6 Å². The van der Waals surface area contributed by atoms with Gasteiger partial charge >= 0.3 is 0 Å². The highest BCUT2D eigenvalue weighted by Crippen LogP contribution is 2.28. The van der Waals surface area contributed by atoms with Crippen molar-refractivity contribution in [3.8, 4) is 0 Å². The molecule has 0 atom stereocenters. The van der Waals surface area contributed by atoms with E-state index in [4.69, 9.17) is 0 Å². The number of para-hydroxylation sites is 1. The predicted octanol–water partition coefficient (Wildman–Crippen LogP) is 2.76. The first-order chi connectivity index (χ1) is 10.8. The van der Waals surface area contributed by atoms with Gasteiger partial charge in [-0.15, -0.1) is 0 Å². The lowest BCUT2D eigenvalue weighted by atomic mass is 10.1. The molecular formula is C17H18N4O. The summed E-state index contributed by atoms with van der Waals surface area (Å²) in [6.07, 6.45) is 6.84. The summed E-state index contributed by atoms with van der Waals surface area (Å²) < 4.78 is 0. The summed E-state index contributed by atoms with van der Waals surface area (Å²) in [4.78, 5) is 24.4. The number of aliphatic imine (C=N–C) groups is 1. The fraction of sp³-hybridized carbons (Fsp3) is 0.353. The van der Waals surface area contributed by atoms with E-state index in [0.717, 1.165) is 30.7 Å². The first-order valence-corrected chi connectivity index (χ1v) is 7.81. The number of fused-ring (bicyclic) bond motifs is 1. The predicted molar refractivity (Wildman–Crippen MR) is 84.7 cm³/mol. The Balaban J connectivity index is 1.57. The molecule has 1 saturated carbocycles. The highest BCUT2D eigenvalue weighted by Gasteiger charge is 2.25. The molecule has 22 heavy (non-hydrogen) atoms. The van der Waals surface area contributed by atoms with Gasteiger partial charge in [0.2, 0.25) is 0 Å². The highest BCUT2D eigenvalue weighted by molar-refractivity contribution is 6.11. The van der Waals surface area contributed by atoms with Crippen molar-refractivity contribution in [2.75, 3.05) is 0 Å². The van der Waals surface area contributed by atoms with Crippen molar-refractivity contribution in [3.05, 3.63) is 47.5 Å². The molecular weight excluding hydrogens is 276 g/mol. The standard InChI is InChI=1S/C17H18N4O/c22-17(20-12-6-2-3-7-12)16-15(18-10-19-16)14-9-11-5-1-4-8-13(11)21-14/h1,4-5,8,10,12H,2-3,6-7,9H2,(H,18,19)(H,20,22). The number of imidazole rings is 1. The zero-order valence-corrected chi connectivity index (χ0v) is 12.3. The first kappa shape index (κ1) is 13.2. The van der Waals surface area contributed by atoms with Crippen molar-refractivity contribution in [2.45, 2.75) is 38.1 Å². The van der Waals surface area contributed by atoms with Gasteiger partial charge in [0.15, 0.2) is 0 Å². The summed E-state index contributed by atoms with van der Waals surface area (Å²) >= 11 is 0. The third kappa shape index (κ3) is 2.32. The molecule has 1 fully saturated rings. The Morgan fingerprint density at radius 3 is 2.86 bits per heavy atom. The van der Waals surface area contributed by atoms with Crippen LogP contribution in [0, 0.1) is 0 Å².